The van der Waals surface area contributed by atoms with Crippen molar-refractivity contribution < 1.29 is 37.4 Å². The van der Waals surface area contributed by atoms with Gasteiger partial charge in [-0.1, -0.05) is 55.5 Å². The number of nitrogens with zero attached hydrogens (tertiary/aromatic N) is 1. The maximum atomic E-state index is 13.3. The van der Waals surface area contributed by atoms with Gasteiger partial charge in [-0.3, -0.25) is 9.59 Å². The van der Waals surface area contributed by atoms with Gasteiger partial charge in [0.2, 0.25) is 5.91 Å². The molecule has 0 radical (unpaired) electrons. The third-order valence-corrected chi connectivity index (χ3v) is 6.71. The van der Waals surface area contributed by atoms with Gasteiger partial charge in [0, 0.05) is 19.0 Å². The number of carbonyl (C=O) groups is 3. The topological polar surface area (TPSA) is 95.9 Å². The van der Waals surface area contributed by atoms with Crippen molar-refractivity contribution in [3.8, 4) is 11.1 Å². The second-order valence-corrected chi connectivity index (χ2v) is 8.77. The lowest BCUT2D eigenvalue weighted by atomic mass is 9.96. The molecule has 0 aromatic heterocycles. The molecule has 35 heavy (non-hydrogen) atoms. The number of aliphatic carboxylic acids is 1. The number of hydrogen-bond acceptors (Lipinski definition) is 4. The van der Waals surface area contributed by atoms with Crippen LogP contribution in [0.15, 0.2) is 48.5 Å². The van der Waals surface area contributed by atoms with Crippen molar-refractivity contribution in [2.45, 2.75) is 31.5 Å². The third kappa shape index (κ3) is 4.82. The highest BCUT2D eigenvalue weighted by molar-refractivity contribution is 5.87. The first-order valence-electron chi connectivity index (χ1n) is 11.3. The molecule has 0 saturated carbocycles. The fraction of sp³-hybridized carbons (Fsp3) is 0.400. The fourth-order valence-corrected chi connectivity index (χ4v) is 4.91. The zero-order chi connectivity index (χ0) is 25.3. The lowest BCUT2D eigenvalue weighted by molar-refractivity contribution is -0.188. The van der Waals surface area contributed by atoms with Crippen molar-refractivity contribution in [1.29, 1.82) is 0 Å². The van der Waals surface area contributed by atoms with E-state index in [1.807, 2.05) is 48.5 Å². The lowest BCUT2D eigenvalue weighted by Crippen LogP contribution is -2.48. The van der Waals surface area contributed by atoms with Gasteiger partial charge in [-0.15, -0.1) is 0 Å². The summed E-state index contributed by atoms with van der Waals surface area (Å²) in [7, 11) is 0. The molecule has 1 fully saturated rings. The second-order valence-electron chi connectivity index (χ2n) is 8.77. The van der Waals surface area contributed by atoms with Crippen LogP contribution in [0.1, 0.15) is 30.4 Å². The van der Waals surface area contributed by atoms with E-state index in [-0.39, 0.29) is 18.9 Å². The average molecular weight is 490 g/mol. The van der Waals surface area contributed by atoms with Gasteiger partial charge < -0.3 is 20.1 Å². The number of alkyl carbamates (subject to hydrolysis) is 1. The van der Waals surface area contributed by atoms with Crippen LogP contribution in [0.3, 0.4) is 0 Å². The van der Waals surface area contributed by atoms with Gasteiger partial charge >= 0.3 is 18.2 Å². The van der Waals surface area contributed by atoms with Crippen LogP contribution < -0.4 is 5.32 Å². The van der Waals surface area contributed by atoms with E-state index in [1.165, 1.54) is 0 Å². The van der Waals surface area contributed by atoms with E-state index in [1.54, 1.807) is 6.92 Å². The first-order chi connectivity index (χ1) is 16.6. The molecule has 1 aliphatic heterocycles. The summed E-state index contributed by atoms with van der Waals surface area (Å²) in [6, 6.07) is 14.4. The minimum absolute atomic E-state index is 0.0193. The van der Waals surface area contributed by atoms with E-state index in [0.717, 1.165) is 27.2 Å². The van der Waals surface area contributed by atoms with Gasteiger partial charge in [-0.2, -0.15) is 13.2 Å². The molecule has 2 aromatic rings. The minimum atomic E-state index is -4.75. The van der Waals surface area contributed by atoms with E-state index < -0.39 is 55.1 Å². The molecule has 2 N–H and O–H groups in total. The summed E-state index contributed by atoms with van der Waals surface area (Å²) >= 11 is 0. The van der Waals surface area contributed by atoms with Crippen LogP contribution in [0.5, 0.6) is 0 Å². The highest BCUT2D eigenvalue weighted by Crippen LogP contribution is 2.44. The number of rotatable bonds is 6. The molecule has 0 spiro atoms. The Balaban J connectivity index is 1.40. The van der Waals surface area contributed by atoms with E-state index in [9.17, 15) is 32.7 Å². The lowest BCUT2D eigenvalue weighted by Gasteiger charge is -2.24. The van der Waals surface area contributed by atoms with E-state index in [0.29, 0.717) is 0 Å². The molecule has 2 aliphatic rings. The zero-order valence-electron chi connectivity index (χ0n) is 18.9. The number of likely N-dealkylation sites (tertiary alicyclic amines) is 1. The molecule has 7 nitrogen and oxygen atoms in total. The number of nitrogens with one attached hydrogen (secondary N) is 1. The van der Waals surface area contributed by atoms with Crippen molar-refractivity contribution in [2.24, 2.45) is 11.8 Å². The van der Waals surface area contributed by atoms with Gasteiger partial charge in [0.25, 0.3) is 0 Å². The van der Waals surface area contributed by atoms with Crippen LogP contribution in [0.4, 0.5) is 18.0 Å². The van der Waals surface area contributed by atoms with Crippen LogP contribution in [0.2, 0.25) is 0 Å². The van der Waals surface area contributed by atoms with Crippen molar-refractivity contribution in [1.82, 2.24) is 10.2 Å². The number of hydrogen-bond donors (Lipinski definition) is 2. The molecule has 1 aliphatic carbocycles. The number of carboxylic acids is 1. The Morgan fingerprint density at radius 1 is 1.06 bits per heavy atom. The summed E-state index contributed by atoms with van der Waals surface area (Å²) in [5, 5.41) is 11.6. The van der Waals surface area contributed by atoms with Crippen LogP contribution in [-0.4, -0.2) is 59.9 Å². The molecule has 1 saturated heterocycles. The van der Waals surface area contributed by atoms with E-state index >= 15 is 0 Å². The largest absolute Gasteiger partial charge is 0.481 e. The molecule has 10 heteroatoms. The Hall–Kier alpha value is -3.56. The molecule has 2 unspecified atom stereocenters. The smallest absolute Gasteiger partial charge is 0.407 e. The Bertz CT molecular complexity index is 1090. The first kappa shape index (κ1) is 24.6. The number of amides is 2. The van der Waals surface area contributed by atoms with Crippen LogP contribution in [-0.2, 0) is 14.3 Å². The van der Waals surface area contributed by atoms with E-state index in [2.05, 4.69) is 5.32 Å². The summed E-state index contributed by atoms with van der Waals surface area (Å²) in [5.41, 5.74) is 4.14. The second kappa shape index (κ2) is 9.59. The summed E-state index contributed by atoms with van der Waals surface area (Å²) in [5.74, 6) is -6.47. The maximum Gasteiger partial charge on any atom is 0.407 e. The Morgan fingerprint density at radius 2 is 1.63 bits per heavy atom. The maximum absolute atomic E-state index is 13.3. The molecule has 0 bridgehead atoms. The number of halogens is 3. The molecular weight excluding hydrogens is 465 g/mol. The van der Waals surface area contributed by atoms with Crippen molar-refractivity contribution in [3.05, 3.63) is 59.7 Å². The number of benzene rings is 2. The van der Waals surface area contributed by atoms with Crippen molar-refractivity contribution in [2.75, 3.05) is 19.7 Å². The van der Waals surface area contributed by atoms with Gasteiger partial charge in [0.1, 0.15) is 12.6 Å². The normalized spacial score (nSPS) is 20.2. The Morgan fingerprint density at radius 3 is 2.11 bits per heavy atom. The summed E-state index contributed by atoms with van der Waals surface area (Å²) < 4.78 is 45.2. The summed E-state index contributed by atoms with van der Waals surface area (Å²) in [6.07, 6.45) is -5.51. The fourth-order valence-electron chi connectivity index (χ4n) is 4.91. The summed E-state index contributed by atoms with van der Waals surface area (Å²) in [4.78, 5) is 37.5. The van der Waals surface area contributed by atoms with Crippen LogP contribution in [0.25, 0.3) is 11.1 Å². The predicted molar refractivity (Wildman–Crippen MR) is 120 cm³/mol. The molecule has 4 rings (SSSR count). The van der Waals surface area contributed by atoms with Gasteiger partial charge in [0.05, 0.1) is 11.8 Å². The van der Waals surface area contributed by atoms with Crippen molar-refractivity contribution in [3.63, 3.8) is 0 Å². The van der Waals surface area contributed by atoms with Gasteiger partial charge in [0.15, 0.2) is 0 Å². The highest BCUT2D eigenvalue weighted by atomic mass is 19.4. The minimum Gasteiger partial charge on any atom is -0.481 e. The molecule has 2 amide bonds. The third-order valence-electron chi connectivity index (χ3n) is 6.71. The quantitative estimate of drug-likeness (QED) is 0.638. The summed E-state index contributed by atoms with van der Waals surface area (Å²) in [6.45, 7) is 0.285. The molecule has 186 valence electrons. The Labute approximate surface area is 199 Å². The number of ether oxygens (including phenoxy) is 1. The van der Waals surface area contributed by atoms with Crippen LogP contribution in [0, 0.1) is 11.8 Å². The molecule has 3 atom stereocenters. The van der Waals surface area contributed by atoms with Crippen molar-refractivity contribution >= 4 is 18.0 Å². The number of alkyl halides is 3. The first-order valence-corrected chi connectivity index (χ1v) is 11.3. The van der Waals surface area contributed by atoms with Gasteiger partial charge in [-0.05, 0) is 28.7 Å². The standard InChI is InChI=1S/C25H25F3N2O5/c1-2-21(22(31)30-11-18(23(32)33)20(12-30)25(26,27)28)29-24(34)35-13-19-16-9-5-3-7-14(16)15-8-4-6-10-17(15)19/h3-10,18-21H,2,11-13H2,1H3,(H,29,34)(H,32,33)/t18?,20?,21-/m1/s1. The number of carbonyl (C=O) groups excluding carboxylic acids is 2. The average Bonchev–Trinajstić information content (AvgIpc) is 3.42. The zero-order valence-corrected chi connectivity index (χ0v) is 18.9. The van der Waals surface area contributed by atoms with Crippen LogP contribution >= 0.6 is 0 Å². The molecular formula is C25H25F3N2O5. The predicted octanol–water partition coefficient (Wildman–Crippen LogP) is 4.03. The van der Waals surface area contributed by atoms with Gasteiger partial charge in [-0.25, -0.2) is 4.79 Å². The number of carboxylic acid groups (broad SMARTS) is 1. The van der Waals surface area contributed by atoms with E-state index in [4.69, 9.17) is 4.74 Å². The molecule has 1 heterocycles. The Kier molecular flexibility index (Phi) is 6.73. The SMILES string of the molecule is CC[C@@H](NC(=O)OCC1c2ccccc2-c2ccccc21)C(=O)N1CC(C(=O)O)C(C(F)(F)F)C1. The highest BCUT2D eigenvalue weighted by Gasteiger charge is 2.54. The number of fused-ring (bicyclic) bond motifs is 3. The molecule has 2 aromatic carbocycles. The monoisotopic (exact) mass is 490 g/mol.